The van der Waals surface area contributed by atoms with E-state index in [0.717, 1.165) is 37.2 Å². The molecule has 0 bridgehead atoms. The summed E-state index contributed by atoms with van der Waals surface area (Å²) in [7, 11) is 0. The van der Waals surface area contributed by atoms with Crippen LogP contribution < -0.4 is 5.69 Å². The van der Waals surface area contributed by atoms with Crippen molar-refractivity contribution in [2.75, 3.05) is 0 Å². The first-order valence-corrected chi connectivity index (χ1v) is 8.82. The molecule has 3 aromatic rings. The Morgan fingerprint density at radius 2 is 1.92 bits per heavy atom. The molecule has 5 rings (SSSR count). The summed E-state index contributed by atoms with van der Waals surface area (Å²) in [5.41, 5.74) is 2.20. The number of hydrogen-bond acceptors (Lipinski definition) is 4. The van der Waals surface area contributed by atoms with Crippen molar-refractivity contribution in [1.29, 1.82) is 0 Å². The largest absolute Gasteiger partial charge is 0.346 e. The predicted octanol–water partition coefficient (Wildman–Crippen LogP) is 2.49. The molecular formula is C19H19N5O. The van der Waals surface area contributed by atoms with Crippen LogP contribution in [0, 0.1) is 0 Å². The van der Waals surface area contributed by atoms with E-state index in [0.29, 0.717) is 5.92 Å². The summed E-state index contributed by atoms with van der Waals surface area (Å²) in [6.45, 7) is 0. The second-order valence-corrected chi connectivity index (χ2v) is 6.93. The third kappa shape index (κ3) is 2.32. The van der Waals surface area contributed by atoms with Crippen molar-refractivity contribution < 1.29 is 0 Å². The first-order valence-electron chi connectivity index (χ1n) is 8.82. The van der Waals surface area contributed by atoms with Gasteiger partial charge in [0.25, 0.3) is 0 Å². The normalized spacial score (nSPS) is 24.7. The first-order chi connectivity index (χ1) is 12.3. The summed E-state index contributed by atoms with van der Waals surface area (Å²) in [4.78, 5) is 21.5. The molecule has 1 unspecified atom stereocenters. The number of hydrogen-bond donors (Lipinski definition) is 0. The van der Waals surface area contributed by atoms with Gasteiger partial charge in [-0.1, -0.05) is 30.3 Å². The third-order valence-corrected chi connectivity index (χ3v) is 5.51. The van der Waals surface area contributed by atoms with E-state index in [1.54, 1.807) is 23.3 Å². The van der Waals surface area contributed by atoms with Gasteiger partial charge in [-0.2, -0.15) is 5.10 Å². The number of benzene rings is 1. The van der Waals surface area contributed by atoms with Crippen molar-refractivity contribution in [1.82, 2.24) is 24.3 Å². The summed E-state index contributed by atoms with van der Waals surface area (Å²) in [6.07, 6.45) is 8.74. The van der Waals surface area contributed by atoms with Gasteiger partial charge in [-0.15, -0.1) is 0 Å². The Bertz CT molecular complexity index is 941. The van der Waals surface area contributed by atoms with Crippen LogP contribution in [0.2, 0.25) is 0 Å². The van der Waals surface area contributed by atoms with E-state index < -0.39 is 0 Å². The van der Waals surface area contributed by atoms with Gasteiger partial charge in [0.1, 0.15) is 5.82 Å². The van der Waals surface area contributed by atoms with Crippen LogP contribution in [-0.4, -0.2) is 24.3 Å². The molecule has 0 radical (unpaired) electrons. The minimum atomic E-state index is -0.0325. The molecule has 1 aliphatic carbocycles. The van der Waals surface area contributed by atoms with Crippen molar-refractivity contribution in [3.05, 3.63) is 76.5 Å². The van der Waals surface area contributed by atoms with Gasteiger partial charge in [-0.25, -0.2) is 9.48 Å². The van der Waals surface area contributed by atoms with E-state index in [4.69, 9.17) is 0 Å². The van der Waals surface area contributed by atoms with Crippen LogP contribution in [0.5, 0.6) is 0 Å². The molecule has 1 aromatic carbocycles. The van der Waals surface area contributed by atoms with Gasteiger partial charge in [-0.05, 0) is 30.7 Å². The van der Waals surface area contributed by atoms with Crippen molar-refractivity contribution >= 4 is 0 Å². The Morgan fingerprint density at radius 1 is 1.08 bits per heavy atom. The molecule has 2 aliphatic rings. The maximum atomic E-state index is 12.9. The van der Waals surface area contributed by atoms with E-state index in [1.165, 1.54) is 5.56 Å². The molecule has 25 heavy (non-hydrogen) atoms. The zero-order valence-electron chi connectivity index (χ0n) is 13.8. The van der Waals surface area contributed by atoms with E-state index in [9.17, 15) is 4.79 Å². The average molecular weight is 333 g/mol. The van der Waals surface area contributed by atoms with Crippen LogP contribution in [0.1, 0.15) is 54.3 Å². The number of aryl methyl sites for hydroxylation is 1. The van der Waals surface area contributed by atoms with E-state index >= 15 is 0 Å². The molecular weight excluding hydrogens is 314 g/mol. The molecule has 6 nitrogen and oxygen atoms in total. The van der Waals surface area contributed by atoms with Gasteiger partial charge in [0, 0.05) is 18.8 Å². The zero-order valence-corrected chi connectivity index (χ0v) is 13.8. The summed E-state index contributed by atoms with van der Waals surface area (Å²) in [5.74, 6) is 1.41. The molecule has 1 fully saturated rings. The Hall–Kier alpha value is -2.76. The van der Waals surface area contributed by atoms with Crippen LogP contribution >= 0.6 is 0 Å². The van der Waals surface area contributed by atoms with Crippen molar-refractivity contribution in [2.24, 2.45) is 0 Å². The maximum absolute atomic E-state index is 12.9. The lowest BCUT2D eigenvalue weighted by atomic mass is 9.76. The molecule has 0 amide bonds. The molecule has 1 aliphatic heterocycles. The molecule has 126 valence electrons. The Morgan fingerprint density at radius 3 is 2.68 bits per heavy atom. The van der Waals surface area contributed by atoms with Gasteiger partial charge in [0.2, 0.25) is 0 Å². The Balaban J connectivity index is 1.40. The highest BCUT2D eigenvalue weighted by Gasteiger charge is 2.37. The van der Waals surface area contributed by atoms with Crippen LogP contribution in [0.4, 0.5) is 0 Å². The average Bonchev–Trinajstić information content (AvgIpc) is 3.17. The summed E-state index contributed by atoms with van der Waals surface area (Å²) in [5, 5.41) is 4.64. The number of rotatable bonds is 3. The lowest BCUT2D eigenvalue weighted by Gasteiger charge is -2.35. The topological polar surface area (TPSA) is 65.6 Å². The lowest BCUT2D eigenvalue weighted by molar-refractivity contribution is 0.236. The van der Waals surface area contributed by atoms with Crippen molar-refractivity contribution in [3.8, 4) is 0 Å². The summed E-state index contributed by atoms with van der Waals surface area (Å²) < 4.78 is 3.52. The minimum Gasteiger partial charge on any atom is -0.270 e. The molecule has 0 N–H and O–H groups in total. The Labute approximate surface area is 145 Å². The summed E-state index contributed by atoms with van der Waals surface area (Å²) in [6, 6.07) is 10.7. The highest BCUT2D eigenvalue weighted by molar-refractivity contribution is 5.22. The summed E-state index contributed by atoms with van der Waals surface area (Å²) >= 11 is 0. The lowest BCUT2D eigenvalue weighted by Crippen LogP contribution is -2.35. The standard InChI is InChI=1S/C19H19N5O/c25-19-23-17(16-12-20-8-9-21-16)6-7-18(23)22-24(19)15-10-14(11-15)13-4-2-1-3-5-13/h1-5,8-9,12,14-15,17H,6-7,10-11H2. The van der Waals surface area contributed by atoms with Crippen LogP contribution in [0.3, 0.4) is 0 Å². The van der Waals surface area contributed by atoms with Gasteiger partial charge in [0.05, 0.1) is 24.0 Å². The molecule has 0 saturated heterocycles. The maximum Gasteiger partial charge on any atom is 0.346 e. The van der Waals surface area contributed by atoms with E-state index in [2.05, 4.69) is 39.3 Å². The third-order valence-electron chi connectivity index (χ3n) is 5.51. The molecule has 3 heterocycles. The predicted molar refractivity (Wildman–Crippen MR) is 92.4 cm³/mol. The molecule has 1 atom stereocenters. The quantitative estimate of drug-likeness (QED) is 0.739. The smallest absolute Gasteiger partial charge is 0.270 e. The van der Waals surface area contributed by atoms with Crippen LogP contribution in [0.15, 0.2) is 53.7 Å². The number of nitrogens with zero attached hydrogens (tertiary/aromatic N) is 5. The highest BCUT2D eigenvalue weighted by Crippen LogP contribution is 2.44. The zero-order chi connectivity index (χ0) is 16.8. The van der Waals surface area contributed by atoms with Crippen molar-refractivity contribution in [3.63, 3.8) is 0 Å². The van der Waals surface area contributed by atoms with Gasteiger partial charge in [0.15, 0.2) is 0 Å². The molecule has 2 aromatic heterocycles. The van der Waals surface area contributed by atoms with Crippen LogP contribution in [0.25, 0.3) is 0 Å². The number of fused-ring (bicyclic) bond motifs is 1. The van der Waals surface area contributed by atoms with E-state index in [1.807, 2.05) is 10.6 Å². The van der Waals surface area contributed by atoms with E-state index in [-0.39, 0.29) is 17.8 Å². The highest BCUT2D eigenvalue weighted by atomic mass is 16.2. The SMILES string of the molecule is O=c1n(C2CC(c3ccccc3)C2)nc2n1C(c1cnccn1)CC2. The fraction of sp³-hybridized carbons (Fsp3) is 0.368. The molecule has 1 saturated carbocycles. The fourth-order valence-corrected chi connectivity index (χ4v) is 4.10. The van der Waals surface area contributed by atoms with Gasteiger partial charge < -0.3 is 0 Å². The minimum absolute atomic E-state index is 0.000310. The molecule has 6 heteroatoms. The monoisotopic (exact) mass is 333 g/mol. The van der Waals surface area contributed by atoms with Gasteiger partial charge >= 0.3 is 5.69 Å². The molecule has 0 spiro atoms. The van der Waals surface area contributed by atoms with Gasteiger partial charge in [-0.3, -0.25) is 14.5 Å². The first kappa shape index (κ1) is 14.6. The fourth-order valence-electron chi connectivity index (χ4n) is 4.10. The second-order valence-electron chi connectivity index (χ2n) is 6.93. The number of aromatic nitrogens is 5. The Kier molecular flexibility index (Phi) is 3.29. The van der Waals surface area contributed by atoms with Crippen molar-refractivity contribution in [2.45, 2.75) is 43.7 Å². The van der Waals surface area contributed by atoms with Crippen LogP contribution in [-0.2, 0) is 6.42 Å². The second kappa shape index (κ2) is 5.65.